The summed E-state index contributed by atoms with van der Waals surface area (Å²) in [6.45, 7) is 3.94. The first-order chi connectivity index (χ1) is 10.0. The normalized spacial score (nSPS) is 10.2. The first-order valence-electron chi connectivity index (χ1n) is 6.80. The van der Waals surface area contributed by atoms with Gasteiger partial charge in [-0.1, -0.05) is 24.3 Å². The van der Waals surface area contributed by atoms with Gasteiger partial charge in [0.1, 0.15) is 5.75 Å². The third-order valence-electron chi connectivity index (χ3n) is 3.58. The van der Waals surface area contributed by atoms with E-state index >= 15 is 0 Å². The van der Waals surface area contributed by atoms with Crippen LogP contribution < -0.4 is 15.8 Å². The molecule has 0 saturated heterocycles. The van der Waals surface area contributed by atoms with Gasteiger partial charge in [0.05, 0.1) is 24.9 Å². The van der Waals surface area contributed by atoms with Gasteiger partial charge in [0.25, 0.3) is 0 Å². The monoisotopic (exact) mass is 284 g/mol. The summed E-state index contributed by atoms with van der Waals surface area (Å²) >= 11 is 0. The van der Waals surface area contributed by atoms with Crippen molar-refractivity contribution in [1.29, 1.82) is 0 Å². The number of anilines is 2. The molecule has 1 amide bonds. The van der Waals surface area contributed by atoms with E-state index in [0.29, 0.717) is 17.1 Å². The van der Waals surface area contributed by atoms with Gasteiger partial charge < -0.3 is 15.8 Å². The van der Waals surface area contributed by atoms with E-state index in [0.717, 1.165) is 16.7 Å². The Balaban J connectivity index is 2.18. The second-order valence-electron chi connectivity index (χ2n) is 5.01. The van der Waals surface area contributed by atoms with Crippen molar-refractivity contribution in [2.24, 2.45) is 0 Å². The molecule has 110 valence electrons. The standard InChI is InChI=1S/C17H20N2O2/c1-11-8-9-14(18)17(12(11)2)19-16(20)10-13-6-4-5-7-15(13)21-3/h4-9H,10,18H2,1-3H3,(H,19,20). The Morgan fingerprint density at radius 3 is 2.62 bits per heavy atom. The average Bonchev–Trinajstić information content (AvgIpc) is 2.48. The molecule has 0 radical (unpaired) electrons. The average molecular weight is 284 g/mol. The molecule has 4 heteroatoms. The van der Waals surface area contributed by atoms with Crippen LogP contribution in [-0.2, 0) is 11.2 Å². The zero-order chi connectivity index (χ0) is 15.4. The molecule has 2 rings (SSSR count). The minimum absolute atomic E-state index is 0.111. The summed E-state index contributed by atoms with van der Waals surface area (Å²) in [4.78, 5) is 12.2. The van der Waals surface area contributed by atoms with Gasteiger partial charge in [-0.2, -0.15) is 0 Å². The SMILES string of the molecule is COc1ccccc1CC(=O)Nc1c(N)ccc(C)c1C. The number of nitrogen functional groups attached to an aromatic ring is 1. The number of hydrogen-bond acceptors (Lipinski definition) is 3. The molecule has 2 aromatic rings. The van der Waals surface area contributed by atoms with E-state index in [-0.39, 0.29) is 12.3 Å². The maximum absolute atomic E-state index is 12.2. The van der Waals surface area contributed by atoms with E-state index in [9.17, 15) is 4.79 Å². The number of methoxy groups -OCH3 is 1. The van der Waals surface area contributed by atoms with Crippen LogP contribution in [0.25, 0.3) is 0 Å². The first kappa shape index (κ1) is 14.9. The maximum atomic E-state index is 12.2. The van der Waals surface area contributed by atoms with Gasteiger partial charge in [-0.05, 0) is 37.1 Å². The van der Waals surface area contributed by atoms with Crippen LogP contribution in [0.15, 0.2) is 36.4 Å². The highest BCUT2D eigenvalue weighted by molar-refractivity contribution is 5.96. The van der Waals surface area contributed by atoms with Crippen LogP contribution in [0.1, 0.15) is 16.7 Å². The van der Waals surface area contributed by atoms with E-state index < -0.39 is 0 Å². The highest BCUT2D eigenvalue weighted by Gasteiger charge is 2.12. The van der Waals surface area contributed by atoms with Crippen LogP contribution in [0.3, 0.4) is 0 Å². The number of rotatable bonds is 4. The van der Waals surface area contributed by atoms with Crippen molar-refractivity contribution in [2.45, 2.75) is 20.3 Å². The molecule has 3 N–H and O–H groups in total. The molecular weight excluding hydrogens is 264 g/mol. The third-order valence-corrected chi connectivity index (χ3v) is 3.58. The summed E-state index contributed by atoms with van der Waals surface area (Å²) in [7, 11) is 1.60. The number of carbonyl (C=O) groups excluding carboxylic acids is 1. The van der Waals surface area contributed by atoms with Crippen LogP contribution in [0, 0.1) is 13.8 Å². The van der Waals surface area contributed by atoms with Crippen LogP contribution in [0.2, 0.25) is 0 Å². The predicted molar refractivity (Wildman–Crippen MR) is 85.7 cm³/mol. The fourth-order valence-electron chi connectivity index (χ4n) is 2.21. The largest absolute Gasteiger partial charge is 0.496 e. The summed E-state index contributed by atoms with van der Waals surface area (Å²) in [6, 6.07) is 11.2. The number of ether oxygens (including phenoxy) is 1. The lowest BCUT2D eigenvalue weighted by Crippen LogP contribution is -2.17. The highest BCUT2D eigenvalue weighted by atomic mass is 16.5. The molecule has 0 aliphatic heterocycles. The quantitative estimate of drug-likeness (QED) is 0.848. The number of nitrogens with two attached hydrogens (primary N) is 1. The van der Waals surface area contributed by atoms with Crippen molar-refractivity contribution in [2.75, 3.05) is 18.2 Å². The minimum Gasteiger partial charge on any atom is -0.496 e. The summed E-state index contributed by atoms with van der Waals surface area (Å²) in [6.07, 6.45) is 0.247. The van der Waals surface area contributed by atoms with Gasteiger partial charge in [0.15, 0.2) is 0 Å². The summed E-state index contributed by atoms with van der Waals surface area (Å²) in [5.41, 5.74) is 10.1. The van der Waals surface area contributed by atoms with Crippen LogP contribution in [0.5, 0.6) is 5.75 Å². The summed E-state index contributed by atoms with van der Waals surface area (Å²) < 4.78 is 5.26. The van der Waals surface area contributed by atoms with Gasteiger partial charge in [0.2, 0.25) is 5.91 Å². The van der Waals surface area contributed by atoms with Crippen molar-refractivity contribution in [3.05, 3.63) is 53.1 Å². The molecule has 0 spiro atoms. The van der Waals surface area contributed by atoms with Gasteiger partial charge in [-0.3, -0.25) is 4.79 Å². The Morgan fingerprint density at radius 2 is 1.90 bits per heavy atom. The molecule has 0 aliphatic rings. The molecule has 0 bridgehead atoms. The molecule has 21 heavy (non-hydrogen) atoms. The van der Waals surface area contributed by atoms with Gasteiger partial charge in [-0.15, -0.1) is 0 Å². The van der Waals surface area contributed by atoms with E-state index in [4.69, 9.17) is 10.5 Å². The van der Waals surface area contributed by atoms with E-state index in [1.165, 1.54) is 0 Å². The van der Waals surface area contributed by atoms with E-state index in [1.54, 1.807) is 13.2 Å². The Morgan fingerprint density at radius 1 is 1.19 bits per heavy atom. The fraction of sp³-hybridized carbons (Fsp3) is 0.235. The Labute approximate surface area is 124 Å². The van der Waals surface area contributed by atoms with Crippen molar-refractivity contribution < 1.29 is 9.53 Å². The molecule has 0 aliphatic carbocycles. The van der Waals surface area contributed by atoms with E-state index in [2.05, 4.69) is 5.32 Å². The summed E-state index contributed by atoms with van der Waals surface area (Å²) in [5, 5.41) is 2.90. The number of aryl methyl sites for hydroxylation is 1. The first-order valence-corrected chi connectivity index (χ1v) is 6.80. The number of benzene rings is 2. The maximum Gasteiger partial charge on any atom is 0.229 e. The predicted octanol–water partition coefficient (Wildman–Crippen LogP) is 3.08. The minimum atomic E-state index is -0.111. The van der Waals surface area contributed by atoms with Gasteiger partial charge in [-0.25, -0.2) is 0 Å². The molecule has 4 nitrogen and oxygen atoms in total. The number of nitrogens with one attached hydrogen (secondary N) is 1. The molecular formula is C17H20N2O2. The Hall–Kier alpha value is -2.49. The molecule has 0 fully saturated rings. The van der Waals surface area contributed by atoms with Crippen LogP contribution in [-0.4, -0.2) is 13.0 Å². The number of hydrogen-bond donors (Lipinski definition) is 2. The van der Waals surface area contributed by atoms with Crippen LogP contribution in [0.4, 0.5) is 11.4 Å². The van der Waals surface area contributed by atoms with Crippen molar-refractivity contribution in [3.63, 3.8) is 0 Å². The topological polar surface area (TPSA) is 64.3 Å². The second kappa shape index (κ2) is 6.31. The molecule has 2 aromatic carbocycles. The smallest absolute Gasteiger partial charge is 0.229 e. The number of carbonyl (C=O) groups is 1. The third kappa shape index (κ3) is 3.34. The molecule has 0 aromatic heterocycles. The fourth-order valence-corrected chi connectivity index (χ4v) is 2.21. The second-order valence-corrected chi connectivity index (χ2v) is 5.01. The lowest BCUT2D eigenvalue weighted by molar-refractivity contribution is -0.115. The highest BCUT2D eigenvalue weighted by Crippen LogP contribution is 2.26. The van der Waals surface area contributed by atoms with Gasteiger partial charge in [0, 0.05) is 5.56 Å². The van der Waals surface area contributed by atoms with Gasteiger partial charge >= 0.3 is 0 Å². The number of amides is 1. The number of para-hydroxylation sites is 1. The van der Waals surface area contributed by atoms with Crippen molar-refractivity contribution >= 4 is 17.3 Å². The van der Waals surface area contributed by atoms with Crippen molar-refractivity contribution in [1.82, 2.24) is 0 Å². The Kier molecular flexibility index (Phi) is 4.48. The molecule has 0 heterocycles. The Bertz CT molecular complexity index is 666. The van der Waals surface area contributed by atoms with E-state index in [1.807, 2.05) is 44.2 Å². The van der Waals surface area contributed by atoms with Crippen LogP contribution >= 0.6 is 0 Å². The zero-order valence-electron chi connectivity index (χ0n) is 12.6. The lowest BCUT2D eigenvalue weighted by Gasteiger charge is -2.14. The summed E-state index contributed by atoms with van der Waals surface area (Å²) in [5.74, 6) is 0.599. The molecule has 0 unspecified atom stereocenters. The molecule has 0 atom stereocenters. The zero-order valence-corrected chi connectivity index (χ0v) is 12.6. The molecule has 0 saturated carbocycles. The van der Waals surface area contributed by atoms with Crippen molar-refractivity contribution in [3.8, 4) is 5.75 Å². The lowest BCUT2D eigenvalue weighted by atomic mass is 10.1.